The molecule has 4 heteroatoms. The van der Waals surface area contributed by atoms with Crippen LogP contribution in [-0.2, 0) is 6.54 Å². The van der Waals surface area contributed by atoms with E-state index in [1.54, 1.807) is 11.8 Å². The molecule has 76 valence electrons. The van der Waals surface area contributed by atoms with E-state index in [-0.39, 0.29) is 5.82 Å². The molecule has 1 unspecified atom stereocenters. The van der Waals surface area contributed by atoms with Crippen LogP contribution >= 0.6 is 11.8 Å². The monoisotopic (exact) mass is 220 g/mol. The molecule has 1 aliphatic rings. The molecule has 1 atom stereocenters. The molecule has 1 aromatic carbocycles. The van der Waals surface area contributed by atoms with Crippen LogP contribution in [0.4, 0.5) is 4.39 Å². The van der Waals surface area contributed by atoms with E-state index in [0.717, 1.165) is 17.3 Å². The van der Waals surface area contributed by atoms with Crippen molar-refractivity contribution in [1.29, 1.82) is 0 Å². The van der Waals surface area contributed by atoms with Gasteiger partial charge in [-0.05, 0) is 17.7 Å². The molecular formula is C11H9FN2S. The van der Waals surface area contributed by atoms with E-state index >= 15 is 0 Å². The van der Waals surface area contributed by atoms with Gasteiger partial charge in [-0.15, -0.1) is 0 Å². The molecule has 2 nitrogen and oxygen atoms in total. The van der Waals surface area contributed by atoms with Gasteiger partial charge in [-0.25, -0.2) is 9.37 Å². The predicted octanol–water partition coefficient (Wildman–Crippen LogP) is 2.87. The third-order valence-electron chi connectivity index (χ3n) is 2.53. The Bertz CT molecular complexity index is 457. The zero-order valence-corrected chi connectivity index (χ0v) is 8.75. The van der Waals surface area contributed by atoms with Gasteiger partial charge in [0.05, 0.1) is 5.25 Å². The number of benzene rings is 1. The number of aromatic nitrogens is 2. The molecule has 0 aliphatic carbocycles. The topological polar surface area (TPSA) is 17.8 Å². The zero-order chi connectivity index (χ0) is 10.3. The highest BCUT2D eigenvalue weighted by molar-refractivity contribution is 7.99. The van der Waals surface area contributed by atoms with E-state index in [9.17, 15) is 4.39 Å². The minimum atomic E-state index is -0.181. The lowest BCUT2D eigenvalue weighted by atomic mass is 10.1. The summed E-state index contributed by atoms with van der Waals surface area (Å²) in [6, 6.07) is 6.72. The minimum Gasteiger partial charge on any atom is -0.325 e. The van der Waals surface area contributed by atoms with Gasteiger partial charge in [0.25, 0.3) is 0 Å². The van der Waals surface area contributed by atoms with Crippen molar-refractivity contribution in [3.05, 3.63) is 48.0 Å². The molecule has 1 aliphatic heterocycles. The first-order valence-electron chi connectivity index (χ1n) is 4.76. The third-order valence-corrected chi connectivity index (χ3v) is 3.79. The van der Waals surface area contributed by atoms with Crippen LogP contribution in [0.1, 0.15) is 10.8 Å². The van der Waals surface area contributed by atoms with Crippen LogP contribution in [-0.4, -0.2) is 9.55 Å². The SMILES string of the molecule is Fc1ccc(C2Cn3ccnc3S2)cc1. The van der Waals surface area contributed by atoms with Gasteiger partial charge >= 0.3 is 0 Å². The maximum atomic E-state index is 12.8. The maximum absolute atomic E-state index is 12.8. The average molecular weight is 220 g/mol. The number of hydrogen-bond acceptors (Lipinski definition) is 2. The minimum absolute atomic E-state index is 0.181. The van der Waals surface area contributed by atoms with E-state index in [1.807, 2.05) is 24.5 Å². The van der Waals surface area contributed by atoms with Crippen molar-refractivity contribution in [1.82, 2.24) is 9.55 Å². The molecule has 15 heavy (non-hydrogen) atoms. The van der Waals surface area contributed by atoms with Crippen molar-refractivity contribution in [3.63, 3.8) is 0 Å². The summed E-state index contributed by atoms with van der Waals surface area (Å²) < 4.78 is 14.9. The Morgan fingerprint density at radius 3 is 2.87 bits per heavy atom. The molecule has 1 aromatic heterocycles. The van der Waals surface area contributed by atoms with Gasteiger partial charge in [0.15, 0.2) is 5.16 Å². The van der Waals surface area contributed by atoms with Crippen molar-refractivity contribution in [2.45, 2.75) is 17.0 Å². The molecule has 2 heterocycles. The highest BCUT2D eigenvalue weighted by atomic mass is 32.2. The Morgan fingerprint density at radius 1 is 1.33 bits per heavy atom. The highest BCUT2D eigenvalue weighted by Gasteiger charge is 2.23. The van der Waals surface area contributed by atoms with E-state index in [0.29, 0.717) is 5.25 Å². The number of thioether (sulfide) groups is 1. The second-order valence-electron chi connectivity index (χ2n) is 3.52. The summed E-state index contributed by atoms with van der Waals surface area (Å²) in [7, 11) is 0. The van der Waals surface area contributed by atoms with Gasteiger partial charge in [0, 0.05) is 18.9 Å². The smallest absolute Gasteiger partial charge is 0.168 e. The van der Waals surface area contributed by atoms with Crippen LogP contribution in [0.25, 0.3) is 0 Å². The van der Waals surface area contributed by atoms with E-state index in [4.69, 9.17) is 0 Å². The van der Waals surface area contributed by atoms with E-state index in [1.165, 1.54) is 12.1 Å². The number of fused-ring (bicyclic) bond motifs is 1. The Kier molecular flexibility index (Phi) is 2.02. The predicted molar refractivity (Wildman–Crippen MR) is 57.2 cm³/mol. The van der Waals surface area contributed by atoms with Crippen molar-refractivity contribution in [2.24, 2.45) is 0 Å². The summed E-state index contributed by atoms with van der Waals surface area (Å²) in [4.78, 5) is 4.24. The maximum Gasteiger partial charge on any atom is 0.168 e. The van der Waals surface area contributed by atoms with Crippen LogP contribution in [0, 0.1) is 5.82 Å². The Morgan fingerprint density at radius 2 is 2.13 bits per heavy atom. The van der Waals surface area contributed by atoms with Crippen molar-refractivity contribution < 1.29 is 4.39 Å². The largest absolute Gasteiger partial charge is 0.325 e. The Labute approximate surface area is 91.1 Å². The van der Waals surface area contributed by atoms with E-state index < -0.39 is 0 Å². The van der Waals surface area contributed by atoms with Gasteiger partial charge in [-0.3, -0.25) is 0 Å². The van der Waals surface area contributed by atoms with E-state index in [2.05, 4.69) is 9.55 Å². The summed E-state index contributed by atoms with van der Waals surface area (Å²) in [6.07, 6.45) is 3.79. The van der Waals surface area contributed by atoms with Crippen molar-refractivity contribution in [3.8, 4) is 0 Å². The van der Waals surface area contributed by atoms with Crippen LogP contribution in [0.5, 0.6) is 0 Å². The summed E-state index contributed by atoms with van der Waals surface area (Å²) >= 11 is 1.73. The summed E-state index contributed by atoms with van der Waals surface area (Å²) in [5.74, 6) is -0.181. The van der Waals surface area contributed by atoms with Gasteiger partial charge in [0.2, 0.25) is 0 Å². The van der Waals surface area contributed by atoms with Crippen molar-refractivity contribution in [2.75, 3.05) is 0 Å². The number of nitrogens with zero attached hydrogens (tertiary/aromatic N) is 2. The summed E-state index contributed by atoms with van der Waals surface area (Å²) in [6.45, 7) is 0.922. The van der Waals surface area contributed by atoms with Crippen LogP contribution < -0.4 is 0 Å². The number of rotatable bonds is 1. The summed E-state index contributed by atoms with van der Waals surface area (Å²) in [5, 5.41) is 1.42. The molecule has 3 rings (SSSR count). The van der Waals surface area contributed by atoms with Gasteiger partial charge in [-0.2, -0.15) is 0 Å². The fourth-order valence-corrected chi connectivity index (χ4v) is 2.92. The molecular weight excluding hydrogens is 211 g/mol. The second-order valence-corrected chi connectivity index (χ2v) is 4.69. The van der Waals surface area contributed by atoms with Crippen LogP contribution in [0.2, 0.25) is 0 Å². The zero-order valence-electron chi connectivity index (χ0n) is 7.93. The quantitative estimate of drug-likeness (QED) is 0.735. The van der Waals surface area contributed by atoms with Gasteiger partial charge in [-0.1, -0.05) is 23.9 Å². The third kappa shape index (κ3) is 1.55. The first kappa shape index (κ1) is 8.97. The molecule has 0 spiro atoms. The normalized spacial score (nSPS) is 19.1. The molecule has 0 N–H and O–H groups in total. The highest BCUT2D eigenvalue weighted by Crippen LogP contribution is 2.41. The first-order valence-corrected chi connectivity index (χ1v) is 5.64. The Hall–Kier alpha value is -1.29. The second kappa shape index (κ2) is 3.38. The molecule has 0 bridgehead atoms. The standard InChI is InChI=1S/C11H9FN2S/c12-9-3-1-8(2-4-9)10-7-14-6-5-13-11(14)15-10/h1-6,10H,7H2. The molecule has 0 amide bonds. The molecule has 0 radical (unpaired) electrons. The Balaban J connectivity index is 1.87. The molecule has 0 fully saturated rings. The first-order chi connectivity index (χ1) is 7.33. The lowest BCUT2D eigenvalue weighted by molar-refractivity contribution is 0.624. The lowest BCUT2D eigenvalue weighted by Gasteiger charge is -2.07. The van der Waals surface area contributed by atoms with Crippen LogP contribution in [0.15, 0.2) is 41.8 Å². The van der Waals surface area contributed by atoms with Gasteiger partial charge in [0.1, 0.15) is 5.82 Å². The fraction of sp³-hybridized carbons (Fsp3) is 0.182. The molecule has 2 aromatic rings. The number of imidazole rings is 1. The number of hydrogen-bond donors (Lipinski definition) is 0. The lowest BCUT2D eigenvalue weighted by Crippen LogP contribution is -1.97. The van der Waals surface area contributed by atoms with Crippen molar-refractivity contribution >= 4 is 11.8 Å². The van der Waals surface area contributed by atoms with Gasteiger partial charge < -0.3 is 4.57 Å². The number of halogens is 1. The summed E-state index contributed by atoms with van der Waals surface area (Å²) in [5.41, 5.74) is 1.16. The van der Waals surface area contributed by atoms with Crippen LogP contribution in [0.3, 0.4) is 0 Å². The molecule has 0 saturated carbocycles. The molecule has 0 saturated heterocycles. The fourth-order valence-electron chi connectivity index (χ4n) is 1.75. The average Bonchev–Trinajstić information content (AvgIpc) is 2.78.